The molecule has 4 aromatic heterocycles. The molecule has 0 spiro atoms. The fraction of sp³-hybridized carbons (Fsp3) is 0.389. The Labute approximate surface area is 170 Å². The van der Waals surface area contributed by atoms with Crippen LogP contribution < -0.4 is 10.2 Å². The Morgan fingerprint density at radius 3 is 2.61 bits per heavy atom. The molecule has 1 aliphatic heterocycles. The largest absolute Gasteiger partial charge is 0.348 e. The molecule has 0 saturated carbocycles. The Morgan fingerprint density at radius 2 is 1.89 bits per heavy atom. The van der Waals surface area contributed by atoms with Crippen LogP contribution in [0, 0.1) is 0 Å². The van der Waals surface area contributed by atoms with Crippen LogP contribution in [-0.4, -0.2) is 55.8 Å². The zero-order chi connectivity index (χ0) is 19.1. The van der Waals surface area contributed by atoms with E-state index in [1.54, 1.807) is 47.5 Å². The maximum absolute atomic E-state index is 4.84. The van der Waals surface area contributed by atoms with E-state index in [0.717, 1.165) is 56.1 Å². The number of piperidine rings is 1. The lowest BCUT2D eigenvalue weighted by Crippen LogP contribution is -2.45. The van der Waals surface area contributed by atoms with E-state index in [-0.39, 0.29) is 0 Å². The Bertz CT molecular complexity index is 1040. The summed E-state index contributed by atoms with van der Waals surface area (Å²) in [6.07, 6.45) is 9.32. The number of aromatic nitrogens is 6. The highest BCUT2D eigenvalue weighted by atomic mass is 32.1. The molecule has 2 N–H and O–H groups in total. The van der Waals surface area contributed by atoms with E-state index in [1.165, 1.54) is 0 Å². The number of H-pyrrole nitrogens is 1. The van der Waals surface area contributed by atoms with E-state index in [4.69, 9.17) is 9.97 Å². The third kappa shape index (κ3) is 3.27. The summed E-state index contributed by atoms with van der Waals surface area (Å²) in [7, 11) is 2.14. The molecule has 0 aliphatic carbocycles. The first-order valence-corrected chi connectivity index (χ1v) is 10.9. The quantitative estimate of drug-likeness (QED) is 0.531. The lowest BCUT2D eigenvalue weighted by atomic mass is 10.00. The molecule has 1 saturated heterocycles. The number of hydrogen-bond donors (Lipinski definition) is 2. The highest BCUT2D eigenvalue weighted by Gasteiger charge is 2.25. The third-order valence-corrected chi connectivity index (χ3v) is 7.22. The van der Waals surface area contributed by atoms with Crippen molar-refractivity contribution in [3.05, 3.63) is 24.8 Å². The van der Waals surface area contributed by atoms with Gasteiger partial charge in [0.1, 0.15) is 10.7 Å². The van der Waals surface area contributed by atoms with Gasteiger partial charge in [0.25, 0.3) is 0 Å². The van der Waals surface area contributed by atoms with Gasteiger partial charge in [-0.15, -0.1) is 0 Å². The minimum Gasteiger partial charge on any atom is -0.348 e. The Hall–Kier alpha value is -2.43. The van der Waals surface area contributed by atoms with Crippen molar-refractivity contribution in [3.63, 3.8) is 0 Å². The summed E-state index contributed by atoms with van der Waals surface area (Å²) in [5.41, 5.74) is 2.47. The minimum atomic E-state index is 0.525. The number of nitrogens with zero attached hydrogens (tertiary/aromatic N) is 6. The van der Waals surface area contributed by atoms with Crippen LogP contribution in [0.15, 0.2) is 24.8 Å². The molecule has 0 bridgehead atoms. The molecule has 0 aromatic carbocycles. The molecule has 0 unspecified atom stereocenters. The van der Waals surface area contributed by atoms with Crippen molar-refractivity contribution in [2.75, 3.05) is 18.5 Å². The molecular weight excluding hydrogens is 392 g/mol. The number of fused-ring (bicyclic) bond motifs is 1. The molecule has 2 atom stereocenters. The standard InChI is InChI=1S/C18H20N8S2/c1-10-5-12(3-4-19-10)26(2)18-25-17-16(28-18)24-15(27-17)14-9-20-13(8-21-14)11-6-22-23-7-11/h6-10,12,19H,3-5H2,1-2H3,(H,22,23)/t10-,12-/m0/s1. The van der Waals surface area contributed by atoms with Gasteiger partial charge in [0.2, 0.25) is 0 Å². The number of aromatic amines is 1. The van der Waals surface area contributed by atoms with E-state index in [2.05, 4.69) is 44.4 Å². The Morgan fingerprint density at radius 1 is 1.07 bits per heavy atom. The molecule has 5 rings (SSSR count). The van der Waals surface area contributed by atoms with Crippen molar-refractivity contribution in [3.8, 4) is 22.0 Å². The van der Waals surface area contributed by atoms with Crippen LogP contribution in [0.5, 0.6) is 0 Å². The predicted octanol–water partition coefficient (Wildman–Crippen LogP) is 3.18. The van der Waals surface area contributed by atoms with Gasteiger partial charge in [-0.05, 0) is 26.3 Å². The normalized spacial score (nSPS) is 19.9. The average Bonchev–Trinajstić information content (AvgIpc) is 3.44. The van der Waals surface area contributed by atoms with Crippen molar-refractivity contribution in [2.45, 2.75) is 31.8 Å². The molecule has 1 aliphatic rings. The van der Waals surface area contributed by atoms with E-state index >= 15 is 0 Å². The van der Waals surface area contributed by atoms with Gasteiger partial charge in [-0.1, -0.05) is 22.7 Å². The number of hydrogen-bond acceptors (Lipinski definition) is 9. The summed E-state index contributed by atoms with van der Waals surface area (Å²) in [5, 5.41) is 12.1. The number of thiazole rings is 2. The maximum atomic E-state index is 4.84. The van der Waals surface area contributed by atoms with Gasteiger partial charge in [-0.25, -0.2) is 15.0 Å². The monoisotopic (exact) mass is 412 g/mol. The molecule has 144 valence electrons. The van der Waals surface area contributed by atoms with E-state index < -0.39 is 0 Å². The molecule has 1 fully saturated rings. The zero-order valence-electron chi connectivity index (χ0n) is 15.6. The fourth-order valence-electron chi connectivity index (χ4n) is 3.48. The lowest BCUT2D eigenvalue weighted by molar-refractivity contribution is 0.371. The van der Waals surface area contributed by atoms with E-state index in [1.807, 2.05) is 0 Å². The van der Waals surface area contributed by atoms with Crippen LogP contribution in [0.4, 0.5) is 5.13 Å². The zero-order valence-corrected chi connectivity index (χ0v) is 17.2. The van der Waals surface area contributed by atoms with Gasteiger partial charge >= 0.3 is 0 Å². The SMILES string of the molecule is C[C@H]1C[C@@H](N(C)c2nc3sc(-c4cnc(-c5cn[nH]c5)cn4)nc3s2)CCN1. The number of rotatable bonds is 4. The summed E-state index contributed by atoms with van der Waals surface area (Å²) in [5.74, 6) is 0. The van der Waals surface area contributed by atoms with E-state index in [9.17, 15) is 0 Å². The molecule has 0 radical (unpaired) electrons. The smallest absolute Gasteiger partial charge is 0.188 e. The number of nitrogens with one attached hydrogen (secondary N) is 2. The summed E-state index contributed by atoms with van der Waals surface area (Å²) >= 11 is 3.22. The van der Waals surface area contributed by atoms with Gasteiger partial charge in [0, 0.05) is 30.9 Å². The van der Waals surface area contributed by atoms with Crippen LogP contribution in [0.3, 0.4) is 0 Å². The third-order valence-electron chi connectivity index (χ3n) is 5.07. The Kier molecular flexibility index (Phi) is 4.53. The van der Waals surface area contributed by atoms with Gasteiger partial charge in [0.05, 0.1) is 24.3 Å². The Balaban J connectivity index is 1.37. The van der Waals surface area contributed by atoms with Crippen molar-refractivity contribution in [1.29, 1.82) is 0 Å². The molecule has 5 heterocycles. The molecule has 0 amide bonds. The van der Waals surface area contributed by atoms with Crippen LogP contribution >= 0.6 is 22.7 Å². The second-order valence-electron chi connectivity index (χ2n) is 7.04. The average molecular weight is 413 g/mol. The van der Waals surface area contributed by atoms with Gasteiger partial charge < -0.3 is 10.2 Å². The fourth-order valence-corrected chi connectivity index (χ4v) is 5.52. The van der Waals surface area contributed by atoms with Crippen molar-refractivity contribution in [2.24, 2.45) is 0 Å². The van der Waals surface area contributed by atoms with Gasteiger partial charge in [-0.3, -0.25) is 10.1 Å². The van der Waals surface area contributed by atoms with Crippen LogP contribution in [0.1, 0.15) is 19.8 Å². The van der Waals surface area contributed by atoms with Crippen molar-refractivity contribution in [1.82, 2.24) is 35.5 Å². The summed E-state index contributed by atoms with van der Waals surface area (Å²) in [6.45, 7) is 3.30. The first-order chi connectivity index (χ1) is 13.7. The van der Waals surface area contributed by atoms with E-state index in [0.29, 0.717) is 12.1 Å². The van der Waals surface area contributed by atoms with Gasteiger partial charge in [-0.2, -0.15) is 5.10 Å². The van der Waals surface area contributed by atoms with Crippen molar-refractivity contribution >= 4 is 37.5 Å². The summed E-state index contributed by atoms with van der Waals surface area (Å²) in [6, 6.07) is 1.08. The second-order valence-corrected chi connectivity index (χ2v) is 8.98. The molecule has 10 heteroatoms. The molecule has 28 heavy (non-hydrogen) atoms. The summed E-state index contributed by atoms with van der Waals surface area (Å²) in [4.78, 5) is 22.8. The molecular formula is C18H20N8S2. The topological polar surface area (TPSA) is 95.5 Å². The highest BCUT2D eigenvalue weighted by molar-refractivity contribution is 7.29. The molecule has 8 nitrogen and oxygen atoms in total. The second kappa shape index (κ2) is 7.19. The van der Waals surface area contributed by atoms with Crippen LogP contribution in [0.25, 0.3) is 31.6 Å². The number of anilines is 1. The van der Waals surface area contributed by atoms with Gasteiger partial charge in [0.15, 0.2) is 14.8 Å². The first-order valence-electron chi connectivity index (χ1n) is 9.22. The molecule has 4 aromatic rings. The highest BCUT2D eigenvalue weighted by Crippen LogP contribution is 2.36. The van der Waals surface area contributed by atoms with Crippen LogP contribution in [-0.2, 0) is 0 Å². The minimum absolute atomic E-state index is 0.525. The predicted molar refractivity (Wildman–Crippen MR) is 113 cm³/mol. The van der Waals surface area contributed by atoms with Crippen LogP contribution in [0.2, 0.25) is 0 Å². The lowest BCUT2D eigenvalue weighted by Gasteiger charge is -2.34. The summed E-state index contributed by atoms with van der Waals surface area (Å²) < 4.78 is 0. The maximum Gasteiger partial charge on any atom is 0.188 e. The first kappa shape index (κ1) is 17.7. The van der Waals surface area contributed by atoms with Crippen molar-refractivity contribution < 1.29 is 0 Å².